The van der Waals surface area contributed by atoms with E-state index in [4.69, 9.17) is 15.2 Å². The van der Waals surface area contributed by atoms with Crippen LogP contribution in [0.1, 0.15) is 46.0 Å². The Labute approximate surface area is 117 Å². The van der Waals surface area contributed by atoms with Crippen molar-refractivity contribution in [1.82, 2.24) is 5.32 Å². The first-order valence-electron chi connectivity index (χ1n) is 7.21. The first-order chi connectivity index (χ1) is 9.06. The molecule has 0 spiro atoms. The number of nitrogens with one attached hydrogen (secondary N) is 1. The zero-order valence-corrected chi connectivity index (χ0v) is 12.7. The number of amides is 1. The molecule has 5 heteroatoms. The molecule has 114 valence electrons. The van der Waals surface area contributed by atoms with Crippen LogP contribution in [0.25, 0.3) is 0 Å². The van der Waals surface area contributed by atoms with Gasteiger partial charge in [0.25, 0.3) is 0 Å². The second-order valence-electron chi connectivity index (χ2n) is 4.98. The fourth-order valence-electron chi connectivity index (χ4n) is 1.62. The average Bonchev–Trinajstić information content (AvgIpc) is 2.40. The number of carbonyl (C=O) groups excluding carboxylic acids is 1. The van der Waals surface area contributed by atoms with E-state index < -0.39 is 5.54 Å². The van der Waals surface area contributed by atoms with E-state index in [1.54, 1.807) is 7.05 Å². The zero-order chi connectivity index (χ0) is 14.6. The van der Waals surface area contributed by atoms with Crippen molar-refractivity contribution in [3.05, 3.63) is 0 Å². The standard InChI is InChI=1S/C14H30N2O3/c1-4-5-9-18-11-12-19-10-7-6-8-14(2,16-3)13(15)17/h16H,4-12H2,1-3H3,(H2,15,17). The number of carbonyl (C=O) groups is 1. The van der Waals surface area contributed by atoms with E-state index in [0.29, 0.717) is 19.8 Å². The molecule has 0 aromatic heterocycles. The van der Waals surface area contributed by atoms with Gasteiger partial charge in [-0.25, -0.2) is 0 Å². The van der Waals surface area contributed by atoms with Crippen molar-refractivity contribution in [2.45, 2.75) is 51.5 Å². The monoisotopic (exact) mass is 274 g/mol. The number of hydrogen-bond donors (Lipinski definition) is 2. The minimum Gasteiger partial charge on any atom is -0.379 e. The van der Waals surface area contributed by atoms with Crippen molar-refractivity contribution in [2.24, 2.45) is 5.73 Å². The van der Waals surface area contributed by atoms with Gasteiger partial charge in [-0.05, 0) is 39.7 Å². The number of rotatable bonds is 13. The SMILES string of the molecule is CCCCOCCOCCCCC(C)(NC)C(N)=O. The largest absolute Gasteiger partial charge is 0.379 e. The molecule has 19 heavy (non-hydrogen) atoms. The highest BCUT2D eigenvalue weighted by molar-refractivity contribution is 5.84. The summed E-state index contributed by atoms with van der Waals surface area (Å²) in [7, 11) is 1.76. The summed E-state index contributed by atoms with van der Waals surface area (Å²) in [4.78, 5) is 11.3. The van der Waals surface area contributed by atoms with Gasteiger partial charge < -0.3 is 20.5 Å². The van der Waals surface area contributed by atoms with Crippen LogP contribution in [0.4, 0.5) is 0 Å². The molecule has 0 saturated carbocycles. The van der Waals surface area contributed by atoms with Gasteiger partial charge in [0.1, 0.15) is 0 Å². The molecule has 0 aromatic rings. The van der Waals surface area contributed by atoms with Gasteiger partial charge in [0.15, 0.2) is 0 Å². The molecule has 0 heterocycles. The van der Waals surface area contributed by atoms with Crippen molar-refractivity contribution in [1.29, 1.82) is 0 Å². The molecule has 1 unspecified atom stereocenters. The number of nitrogens with two attached hydrogens (primary N) is 1. The summed E-state index contributed by atoms with van der Waals surface area (Å²) in [6, 6.07) is 0. The predicted molar refractivity (Wildman–Crippen MR) is 77.1 cm³/mol. The van der Waals surface area contributed by atoms with Gasteiger partial charge in [-0.2, -0.15) is 0 Å². The fourth-order valence-corrected chi connectivity index (χ4v) is 1.62. The molecule has 0 rings (SSSR count). The lowest BCUT2D eigenvalue weighted by molar-refractivity contribution is -0.123. The van der Waals surface area contributed by atoms with Crippen LogP contribution in [0.3, 0.4) is 0 Å². The summed E-state index contributed by atoms with van der Waals surface area (Å²) in [5, 5.41) is 2.97. The molecular formula is C14H30N2O3. The lowest BCUT2D eigenvalue weighted by Gasteiger charge is -2.25. The smallest absolute Gasteiger partial charge is 0.237 e. The fraction of sp³-hybridized carbons (Fsp3) is 0.929. The maximum atomic E-state index is 11.3. The maximum Gasteiger partial charge on any atom is 0.237 e. The Bertz CT molecular complexity index is 237. The molecule has 0 bridgehead atoms. The van der Waals surface area contributed by atoms with Crippen LogP contribution < -0.4 is 11.1 Å². The minimum absolute atomic E-state index is 0.305. The van der Waals surface area contributed by atoms with Crippen molar-refractivity contribution in [2.75, 3.05) is 33.5 Å². The topological polar surface area (TPSA) is 73.6 Å². The minimum atomic E-state index is -0.608. The summed E-state index contributed by atoms with van der Waals surface area (Å²) < 4.78 is 10.8. The molecule has 3 N–H and O–H groups in total. The van der Waals surface area contributed by atoms with E-state index in [1.807, 2.05) is 6.92 Å². The van der Waals surface area contributed by atoms with Crippen molar-refractivity contribution in [3.8, 4) is 0 Å². The van der Waals surface area contributed by atoms with Crippen molar-refractivity contribution < 1.29 is 14.3 Å². The van der Waals surface area contributed by atoms with Crippen LogP contribution >= 0.6 is 0 Å². The lowest BCUT2D eigenvalue weighted by atomic mass is 9.94. The predicted octanol–water partition coefficient (Wildman–Crippen LogP) is 1.45. The number of unbranched alkanes of at least 4 members (excludes halogenated alkanes) is 2. The number of likely N-dealkylation sites (N-methyl/N-ethyl adjacent to an activating group) is 1. The third kappa shape index (κ3) is 8.97. The molecule has 1 atom stereocenters. The second-order valence-corrected chi connectivity index (χ2v) is 4.98. The first kappa shape index (κ1) is 18.4. The van der Waals surface area contributed by atoms with E-state index in [9.17, 15) is 4.79 Å². The normalized spacial score (nSPS) is 14.3. The van der Waals surface area contributed by atoms with Gasteiger partial charge >= 0.3 is 0 Å². The van der Waals surface area contributed by atoms with Gasteiger partial charge in [0, 0.05) is 13.2 Å². The van der Waals surface area contributed by atoms with Crippen LogP contribution in [0.2, 0.25) is 0 Å². The maximum absolute atomic E-state index is 11.3. The quantitative estimate of drug-likeness (QED) is 0.499. The molecule has 0 aliphatic carbocycles. The highest BCUT2D eigenvalue weighted by Crippen LogP contribution is 2.12. The Morgan fingerprint density at radius 1 is 1.11 bits per heavy atom. The summed E-state index contributed by atoms with van der Waals surface area (Å²) in [5.41, 5.74) is 4.74. The second kappa shape index (κ2) is 11.2. The van der Waals surface area contributed by atoms with E-state index in [2.05, 4.69) is 12.2 Å². The summed E-state index contributed by atoms with van der Waals surface area (Å²) >= 11 is 0. The van der Waals surface area contributed by atoms with E-state index in [-0.39, 0.29) is 5.91 Å². The number of ether oxygens (including phenoxy) is 2. The molecular weight excluding hydrogens is 244 g/mol. The molecule has 0 radical (unpaired) electrons. The highest BCUT2D eigenvalue weighted by atomic mass is 16.5. The third-order valence-electron chi connectivity index (χ3n) is 3.33. The van der Waals surface area contributed by atoms with Gasteiger partial charge in [0.2, 0.25) is 5.91 Å². The molecule has 1 amide bonds. The Morgan fingerprint density at radius 3 is 2.16 bits per heavy atom. The van der Waals surface area contributed by atoms with Gasteiger partial charge in [-0.15, -0.1) is 0 Å². The Balaban J connectivity index is 3.38. The van der Waals surface area contributed by atoms with Crippen molar-refractivity contribution >= 4 is 5.91 Å². The molecule has 0 aliphatic heterocycles. The van der Waals surface area contributed by atoms with Gasteiger partial charge in [-0.1, -0.05) is 13.3 Å². The van der Waals surface area contributed by atoms with E-state index >= 15 is 0 Å². The number of primary amides is 1. The zero-order valence-electron chi connectivity index (χ0n) is 12.7. The Kier molecular flexibility index (Phi) is 10.8. The van der Waals surface area contributed by atoms with E-state index in [0.717, 1.165) is 38.7 Å². The first-order valence-corrected chi connectivity index (χ1v) is 7.21. The highest BCUT2D eigenvalue weighted by Gasteiger charge is 2.27. The molecule has 0 saturated heterocycles. The van der Waals surface area contributed by atoms with Crippen LogP contribution in [-0.2, 0) is 14.3 Å². The van der Waals surface area contributed by atoms with Gasteiger partial charge in [-0.3, -0.25) is 4.79 Å². The molecule has 0 fully saturated rings. The van der Waals surface area contributed by atoms with Crippen LogP contribution in [0.5, 0.6) is 0 Å². The van der Waals surface area contributed by atoms with Crippen LogP contribution in [0.15, 0.2) is 0 Å². The summed E-state index contributed by atoms with van der Waals surface area (Å²) in [6.45, 7) is 6.80. The molecule has 5 nitrogen and oxygen atoms in total. The Hall–Kier alpha value is -0.650. The number of hydrogen-bond acceptors (Lipinski definition) is 4. The Morgan fingerprint density at radius 2 is 1.68 bits per heavy atom. The molecule has 0 aliphatic rings. The lowest BCUT2D eigenvalue weighted by Crippen LogP contribution is -2.51. The third-order valence-corrected chi connectivity index (χ3v) is 3.33. The molecule has 0 aromatic carbocycles. The average molecular weight is 274 g/mol. The summed E-state index contributed by atoms with van der Waals surface area (Å²) in [6.07, 6.45) is 4.84. The van der Waals surface area contributed by atoms with E-state index in [1.165, 1.54) is 0 Å². The van der Waals surface area contributed by atoms with Crippen LogP contribution in [0, 0.1) is 0 Å². The van der Waals surface area contributed by atoms with Gasteiger partial charge in [0.05, 0.1) is 18.8 Å². The van der Waals surface area contributed by atoms with Crippen molar-refractivity contribution in [3.63, 3.8) is 0 Å². The summed E-state index contributed by atoms with van der Waals surface area (Å²) in [5.74, 6) is -0.305. The van der Waals surface area contributed by atoms with Crippen LogP contribution in [-0.4, -0.2) is 44.9 Å².